The van der Waals surface area contributed by atoms with Gasteiger partial charge in [-0.1, -0.05) is 12.1 Å². The lowest BCUT2D eigenvalue weighted by Crippen LogP contribution is -2.46. The molecule has 0 aliphatic carbocycles. The van der Waals surface area contributed by atoms with E-state index in [1.54, 1.807) is 11.3 Å². The van der Waals surface area contributed by atoms with Gasteiger partial charge in [-0.15, -0.1) is 11.3 Å². The van der Waals surface area contributed by atoms with Crippen LogP contribution in [0.3, 0.4) is 0 Å². The van der Waals surface area contributed by atoms with Gasteiger partial charge in [0.15, 0.2) is 5.78 Å². The number of nitrogens with one attached hydrogen (secondary N) is 1. The first-order valence-electron chi connectivity index (χ1n) is 5.68. The largest absolute Gasteiger partial charge is 0.378 e. The second-order valence-electron chi connectivity index (χ2n) is 4.09. The minimum absolute atomic E-state index is 0.137. The Morgan fingerprint density at radius 2 is 2.35 bits per heavy atom. The Morgan fingerprint density at radius 1 is 1.41 bits per heavy atom. The van der Waals surface area contributed by atoms with Crippen molar-refractivity contribution in [3.05, 3.63) is 35.2 Å². The van der Waals surface area contributed by atoms with E-state index in [2.05, 4.69) is 5.32 Å². The molecule has 3 nitrogen and oxygen atoms in total. The summed E-state index contributed by atoms with van der Waals surface area (Å²) in [7, 11) is 0. The predicted octanol–water partition coefficient (Wildman–Crippen LogP) is 2.07. The van der Waals surface area contributed by atoms with Crippen LogP contribution in [0.2, 0.25) is 0 Å². The molecule has 1 saturated heterocycles. The molecular formula is C13H13NO2S. The molecule has 0 radical (unpaired) electrons. The molecular weight excluding hydrogens is 234 g/mol. The van der Waals surface area contributed by atoms with Crippen LogP contribution in [0.25, 0.3) is 10.1 Å². The van der Waals surface area contributed by atoms with Gasteiger partial charge in [-0.25, -0.2) is 0 Å². The molecule has 3 rings (SSSR count). The van der Waals surface area contributed by atoms with Gasteiger partial charge in [-0.2, -0.15) is 0 Å². The number of Topliss-reactive ketones (excluding diaryl/α,β-unsaturated/α-hetero) is 1. The summed E-state index contributed by atoms with van der Waals surface area (Å²) >= 11 is 1.62. The highest BCUT2D eigenvalue weighted by Crippen LogP contribution is 2.25. The van der Waals surface area contributed by atoms with Crippen molar-refractivity contribution >= 4 is 27.2 Å². The summed E-state index contributed by atoms with van der Waals surface area (Å²) in [6.45, 7) is 1.91. The topological polar surface area (TPSA) is 38.3 Å². The van der Waals surface area contributed by atoms with E-state index in [0.717, 1.165) is 22.2 Å². The average Bonchev–Trinajstić information content (AvgIpc) is 2.87. The van der Waals surface area contributed by atoms with E-state index in [1.807, 2.05) is 29.6 Å². The predicted molar refractivity (Wildman–Crippen MR) is 68.8 cm³/mol. The molecule has 1 aromatic carbocycles. The molecule has 1 aliphatic heterocycles. The quantitative estimate of drug-likeness (QED) is 0.826. The van der Waals surface area contributed by atoms with E-state index in [-0.39, 0.29) is 11.8 Å². The third-order valence-electron chi connectivity index (χ3n) is 2.98. The van der Waals surface area contributed by atoms with E-state index in [1.165, 1.54) is 0 Å². The average molecular weight is 247 g/mol. The maximum absolute atomic E-state index is 12.4. The van der Waals surface area contributed by atoms with Crippen LogP contribution in [0.4, 0.5) is 0 Å². The summed E-state index contributed by atoms with van der Waals surface area (Å²) < 4.78 is 6.41. The van der Waals surface area contributed by atoms with Crippen molar-refractivity contribution < 1.29 is 9.53 Å². The minimum Gasteiger partial charge on any atom is -0.378 e. The van der Waals surface area contributed by atoms with Crippen LogP contribution >= 0.6 is 11.3 Å². The summed E-state index contributed by atoms with van der Waals surface area (Å²) in [5, 5.41) is 6.36. The van der Waals surface area contributed by atoms with Crippen LogP contribution in [0.15, 0.2) is 29.6 Å². The van der Waals surface area contributed by atoms with Crippen molar-refractivity contribution in [3.8, 4) is 0 Å². The third-order valence-corrected chi connectivity index (χ3v) is 3.95. The first-order valence-corrected chi connectivity index (χ1v) is 6.56. The lowest BCUT2D eigenvalue weighted by atomic mass is 10.0. The zero-order valence-corrected chi connectivity index (χ0v) is 10.1. The summed E-state index contributed by atoms with van der Waals surface area (Å²) in [6.07, 6.45) is 0. The van der Waals surface area contributed by atoms with Gasteiger partial charge in [0.25, 0.3) is 0 Å². The van der Waals surface area contributed by atoms with Crippen LogP contribution < -0.4 is 5.32 Å². The lowest BCUT2D eigenvalue weighted by Gasteiger charge is -2.22. The van der Waals surface area contributed by atoms with E-state index in [0.29, 0.717) is 13.2 Å². The molecule has 4 heteroatoms. The Balaban J connectivity index is 1.97. The maximum atomic E-state index is 12.4. The molecule has 1 aromatic heterocycles. The van der Waals surface area contributed by atoms with Crippen molar-refractivity contribution in [2.45, 2.75) is 6.04 Å². The Labute approximate surface area is 103 Å². The van der Waals surface area contributed by atoms with Crippen LogP contribution in [0, 0.1) is 0 Å². The molecule has 0 bridgehead atoms. The summed E-state index contributed by atoms with van der Waals surface area (Å²) in [6, 6.07) is 7.72. The highest BCUT2D eigenvalue weighted by atomic mass is 32.1. The number of ketones is 1. The Morgan fingerprint density at radius 3 is 3.18 bits per heavy atom. The Kier molecular flexibility index (Phi) is 2.93. The number of hydrogen-bond donors (Lipinski definition) is 1. The number of benzene rings is 1. The van der Waals surface area contributed by atoms with Gasteiger partial charge < -0.3 is 10.1 Å². The molecule has 88 valence electrons. The van der Waals surface area contributed by atoms with Gasteiger partial charge in [0.05, 0.1) is 19.3 Å². The molecule has 1 unspecified atom stereocenters. The van der Waals surface area contributed by atoms with Crippen molar-refractivity contribution in [3.63, 3.8) is 0 Å². The molecule has 2 heterocycles. The van der Waals surface area contributed by atoms with Gasteiger partial charge in [-0.3, -0.25) is 4.79 Å². The number of ether oxygens (including phenoxy) is 1. The second-order valence-corrected chi connectivity index (χ2v) is 5.01. The fourth-order valence-electron chi connectivity index (χ4n) is 2.11. The van der Waals surface area contributed by atoms with E-state index >= 15 is 0 Å². The number of rotatable bonds is 2. The number of carbonyl (C=O) groups is 1. The van der Waals surface area contributed by atoms with Crippen LogP contribution in [-0.2, 0) is 4.74 Å². The third kappa shape index (κ3) is 1.99. The fraction of sp³-hybridized carbons (Fsp3) is 0.308. The monoisotopic (exact) mass is 247 g/mol. The van der Waals surface area contributed by atoms with E-state index in [9.17, 15) is 4.79 Å². The normalized spacial score (nSPS) is 20.6. The van der Waals surface area contributed by atoms with Crippen molar-refractivity contribution in [2.75, 3.05) is 19.8 Å². The highest BCUT2D eigenvalue weighted by Gasteiger charge is 2.23. The molecule has 1 aliphatic rings. The van der Waals surface area contributed by atoms with E-state index in [4.69, 9.17) is 4.74 Å². The van der Waals surface area contributed by atoms with Crippen LogP contribution in [-0.4, -0.2) is 31.6 Å². The highest BCUT2D eigenvalue weighted by molar-refractivity contribution is 7.17. The molecule has 2 aromatic rings. The number of hydrogen-bond acceptors (Lipinski definition) is 4. The molecule has 1 fully saturated rings. The zero-order valence-electron chi connectivity index (χ0n) is 9.31. The number of morpholine rings is 1. The Hall–Kier alpha value is -1.23. The van der Waals surface area contributed by atoms with Crippen molar-refractivity contribution in [1.29, 1.82) is 0 Å². The van der Waals surface area contributed by atoms with Crippen LogP contribution in [0.5, 0.6) is 0 Å². The minimum atomic E-state index is -0.198. The molecule has 1 atom stereocenters. The fourth-order valence-corrected chi connectivity index (χ4v) is 3.03. The maximum Gasteiger partial charge on any atom is 0.183 e. The smallest absolute Gasteiger partial charge is 0.183 e. The van der Waals surface area contributed by atoms with Gasteiger partial charge in [0.1, 0.15) is 0 Å². The zero-order chi connectivity index (χ0) is 11.7. The number of carbonyl (C=O) groups excluding carboxylic acids is 1. The molecule has 0 amide bonds. The SMILES string of the molecule is O=C(c1cccc2ccsc12)C1COCCN1. The molecule has 0 spiro atoms. The first-order chi connectivity index (χ1) is 8.36. The van der Waals surface area contributed by atoms with E-state index < -0.39 is 0 Å². The van der Waals surface area contributed by atoms with Gasteiger partial charge >= 0.3 is 0 Å². The first kappa shape index (κ1) is 10.9. The van der Waals surface area contributed by atoms with Gasteiger partial charge in [0.2, 0.25) is 0 Å². The van der Waals surface area contributed by atoms with Gasteiger partial charge in [0, 0.05) is 16.8 Å². The molecule has 17 heavy (non-hydrogen) atoms. The number of thiophene rings is 1. The van der Waals surface area contributed by atoms with Gasteiger partial charge in [-0.05, 0) is 22.9 Å². The molecule has 0 saturated carbocycles. The summed E-state index contributed by atoms with van der Waals surface area (Å²) in [4.78, 5) is 12.4. The van der Waals surface area contributed by atoms with Crippen molar-refractivity contribution in [1.82, 2.24) is 5.32 Å². The number of fused-ring (bicyclic) bond motifs is 1. The summed E-state index contributed by atoms with van der Waals surface area (Å²) in [5.74, 6) is 0.137. The van der Waals surface area contributed by atoms with Crippen LogP contribution in [0.1, 0.15) is 10.4 Å². The molecule has 1 N–H and O–H groups in total. The van der Waals surface area contributed by atoms with Crippen molar-refractivity contribution in [2.24, 2.45) is 0 Å². The standard InChI is InChI=1S/C13H13NO2S/c15-12(11-8-16-6-5-14-11)10-3-1-2-9-4-7-17-13(9)10/h1-4,7,11,14H,5-6,8H2. The second kappa shape index (κ2) is 4.56. The summed E-state index contributed by atoms with van der Waals surface area (Å²) in [5.41, 5.74) is 0.806. The Bertz CT molecular complexity index is 543. The lowest BCUT2D eigenvalue weighted by molar-refractivity contribution is 0.0609.